The van der Waals surface area contributed by atoms with Crippen molar-refractivity contribution in [1.29, 1.82) is 0 Å². The predicted octanol–water partition coefficient (Wildman–Crippen LogP) is 3.13. The number of carbonyl (C=O) groups is 1. The Morgan fingerprint density at radius 3 is 2.43 bits per heavy atom. The van der Waals surface area contributed by atoms with E-state index in [2.05, 4.69) is 15.1 Å². The number of amides is 1. The second-order valence-electron chi connectivity index (χ2n) is 6.75. The highest BCUT2D eigenvalue weighted by molar-refractivity contribution is 7.89. The molecule has 158 valence electrons. The molecule has 2 N–H and O–H groups in total. The van der Waals surface area contributed by atoms with E-state index in [1.165, 1.54) is 12.1 Å². The fourth-order valence-electron chi connectivity index (χ4n) is 3.07. The lowest BCUT2D eigenvalue weighted by Crippen LogP contribution is -2.30. The lowest BCUT2D eigenvalue weighted by Gasteiger charge is -2.09. The molecule has 2 aromatic carbocycles. The normalized spacial score (nSPS) is 11.4. The smallest absolute Gasteiger partial charge is 0.242 e. The predicted molar refractivity (Wildman–Crippen MR) is 116 cm³/mol. The number of nitrogens with one attached hydrogen (secondary N) is 2. The lowest BCUT2D eigenvalue weighted by atomic mass is 10.2. The van der Waals surface area contributed by atoms with E-state index in [0.717, 1.165) is 22.6 Å². The minimum atomic E-state index is -3.77. The first-order chi connectivity index (χ1) is 14.3. The molecule has 0 fully saturated rings. The molecule has 30 heavy (non-hydrogen) atoms. The molecule has 0 radical (unpaired) electrons. The van der Waals surface area contributed by atoms with Gasteiger partial charge in [-0.15, -0.1) is 0 Å². The molecule has 0 saturated heterocycles. The number of rotatable bonds is 8. The molecule has 0 saturated carbocycles. The summed E-state index contributed by atoms with van der Waals surface area (Å²) >= 11 is 5.94. The topological polar surface area (TPSA) is 93.1 Å². The van der Waals surface area contributed by atoms with Crippen LogP contribution in [0.15, 0.2) is 59.5 Å². The molecule has 1 aromatic heterocycles. The molecule has 3 aromatic rings. The molecule has 0 bridgehead atoms. The van der Waals surface area contributed by atoms with Gasteiger partial charge in [0.2, 0.25) is 15.9 Å². The van der Waals surface area contributed by atoms with Crippen LogP contribution in [0.3, 0.4) is 0 Å². The van der Waals surface area contributed by atoms with Gasteiger partial charge < -0.3 is 5.32 Å². The molecule has 0 spiro atoms. The van der Waals surface area contributed by atoms with Gasteiger partial charge in [-0.05, 0) is 38.1 Å². The van der Waals surface area contributed by atoms with Crippen LogP contribution in [0.25, 0.3) is 5.69 Å². The molecule has 1 amide bonds. The molecule has 9 heteroatoms. The van der Waals surface area contributed by atoms with Crippen LogP contribution in [0.5, 0.6) is 0 Å². The van der Waals surface area contributed by atoms with Gasteiger partial charge in [0, 0.05) is 30.8 Å². The van der Waals surface area contributed by atoms with Gasteiger partial charge in [-0.3, -0.25) is 4.79 Å². The molecule has 0 aliphatic rings. The molecule has 0 aliphatic carbocycles. The Balaban J connectivity index is 1.56. The third-order valence-corrected chi connectivity index (χ3v) is 6.64. The van der Waals surface area contributed by atoms with Crippen LogP contribution >= 0.6 is 11.6 Å². The van der Waals surface area contributed by atoms with Crippen LogP contribution in [-0.4, -0.2) is 30.7 Å². The summed E-state index contributed by atoms with van der Waals surface area (Å²) in [4.78, 5) is 12.2. The summed E-state index contributed by atoms with van der Waals surface area (Å²) in [7, 11) is -3.77. The Hall–Kier alpha value is -2.68. The average molecular weight is 447 g/mol. The zero-order valence-electron chi connectivity index (χ0n) is 16.7. The summed E-state index contributed by atoms with van der Waals surface area (Å²) in [5, 5.41) is 7.52. The molecule has 7 nitrogen and oxygen atoms in total. The first kappa shape index (κ1) is 22.0. The van der Waals surface area contributed by atoms with E-state index in [1.54, 1.807) is 12.1 Å². The maximum absolute atomic E-state index is 12.3. The van der Waals surface area contributed by atoms with Gasteiger partial charge >= 0.3 is 0 Å². The number of carbonyl (C=O) groups excluding carboxylic acids is 1. The zero-order valence-corrected chi connectivity index (χ0v) is 18.3. The Kier molecular flexibility index (Phi) is 6.91. The van der Waals surface area contributed by atoms with E-state index >= 15 is 0 Å². The maximum atomic E-state index is 12.3. The molecular weight excluding hydrogens is 424 g/mol. The summed E-state index contributed by atoms with van der Waals surface area (Å²) in [6.07, 6.45) is 0.00853. The third kappa shape index (κ3) is 5.08. The highest BCUT2D eigenvalue weighted by atomic mass is 35.5. The molecule has 3 rings (SSSR count). The van der Waals surface area contributed by atoms with Crippen molar-refractivity contribution < 1.29 is 13.2 Å². The second kappa shape index (κ2) is 9.42. The van der Waals surface area contributed by atoms with Crippen molar-refractivity contribution in [2.75, 3.05) is 6.54 Å². The van der Waals surface area contributed by atoms with E-state index < -0.39 is 10.0 Å². The number of aryl methyl sites for hydroxylation is 1. The summed E-state index contributed by atoms with van der Waals surface area (Å²) in [5.41, 5.74) is 3.66. The van der Waals surface area contributed by atoms with Gasteiger partial charge in [-0.2, -0.15) is 5.10 Å². The minimum absolute atomic E-state index is 0.00773. The summed E-state index contributed by atoms with van der Waals surface area (Å²) in [5.74, 6) is -0.261. The average Bonchev–Trinajstić information content (AvgIpc) is 3.00. The van der Waals surface area contributed by atoms with Crippen LogP contribution in [0.1, 0.15) is 23.4 Å². The summed E-state index contributed by atoms with van der Waals surface area (Å²) in [6.45, 7) is 4.14. The number of hydrogen-bond acceptors (Lipinski definition) is 4. The highest BCUT2D eigenvalue weighted by Gasteiger charge is 2.18. The van der Waals surface area contributed by atoms with Crippen molar-refractivity contribution in [2.45, 2.75) is 31.7 Å². The number of nitrogens with zero attached hydrogens (tertiary/aromatic N) is 2. The van der Waals surface area contributed by atoms with Crippen LogP contribution in [0, 0.1) is 13.8 Å². The second-order valence-corrected chi connectivity index (χ2v) is 8.89. The van der Waals surface area contributed by atoms with Crippen molar-refractivity contribution in [3.8, 4) is 5.69 Å². The molecule has 0 atom stereocenters. The van der Waals surface area contributed by atoms with Crippen LogP contribution in [0.2, 0.25) is 5.02 Å². The summed E-state index contributed by atoms with van der Waals surface area (Å²) in [6, 6.07) is 15.9. The van der Waals surface area contributed by atoms with Gasteiger partial charge in [-0.25, -0.2) is 17.8 Å². The Morgan fingerprint density at radius 2 is 1.73 bits per heavy atom. The van der Waals surface area contributed by atoms with Crippen molar-refractivity contribution in [2.24, 2.45) is 0 Å². The standard InChI is InChI=1S/C21H23ClN4O3S/c1-15-18(16(2)26(25-15)17-8-4-3-5-9-17)14-23-21(27)12-13-24-30(28,29)20-11-7-6-10-19(20)22/h3-11,24H,12-14H2,1-2H3,(H,23,27). The van der Waals surface area contributed by atoms with Crippen molar-refractivity contribution in [1.82, 2.24) is 19.8 Å². The molecular formula is C21H23ClN4O3S. The largest absolute Gasteiger partial charge is 0.352 e. The Labute approximate surface area is 181 Å². The monoisotopic (exact) mass is 446 g/mol. The van der Waals surface area contributed by atoms with E-state index in [-0.39, 0.29) is 28.8 Å². The van der Waals surface area contributed by atoms with E-state index in [1.807, 2.05) is 48.9 Å². The van der Waals surface area contributed by atoms with Crippen molar-refractivity contribution in [3.05, 3.63) is 76.6 Å². The first-order valence-corrected chi connectivity index (χ1v) is 11.3. The number of benzene rings is 2. The number of para-hydroxylation sites is 1. The Bertz CT molecular complexity index is 1140. The van der Waals surface area contributed by atoms with Crippen LogP contribution in [-0.2, 0) is 21.4 Å². The fourth-order valence-corrected chi connectivity index (χ4v) is 4.62. The number of hydrogen-bond donors (Lipinski definition) is 2. The van der Waals surface area contributed by atoms with Gasteiger partial charge in [-0.1, -0.05) is 41.9 Å². The van der Waals surface area contributed by atoms with E-state index in [4.69, 9.17) is 11.6 Å². The van der Waals surface area contributed by atoms with E-state index in [0.29, 0.717) is 6.54 Å². The van der Waals surface area contributed by atoms with Gasteiger partial charge in [0.15, 0.2) is 0 Å². The minimum Gasteiger partial charge on any atom is -0.352 e. The van der Waals surface area contributed by atoms with Crippen molar-refractivity contribution in [3.63, 3.8) is 0 Å². The third-order valence-electron chi connectivity index (χ3n) is 4.67. The van der Waals surface area contributed by atoms with Crippen molar-refractivity contribution >= 4 is 27.5 Å². The quantitative estimate of drug-likeness (QED) is 0.556. The highest BCUT2D eigenvalue weighted by Crippen LogP contribution is 2.20. The van der Waals surface area contributed by atoms with Crippen LogP contribution < -0.4 is 10.0 Å². The number of aromatic nitrogens is 2. The zero-order chi connectivity index (χ0) is 21.7. The van der Waals surface area contributed by atoms with Crippen LogP contribution in [0.4, 0.5) is 0 Å². The van der Waals surface area contributed by atoms with E-state index in [9.17, 15) is 13.2 Å². The number of halogens is 1. The SMILES string of the molecule is Cc1nn(-c2ccccc2)c(C)c1CNC(=O)CCNS(=O)(=O)c1ccccc1Cl. The Morgan fingerprint density at radius 1 is 1.07 bits per heavy atom. The lowest BCUT2D eigenvalue weighted by molar-refractivity contribution is -0.121. The molecule has 0 unspecified atom stereocenters. The molecule has 1 heterocycles. The molecule has 0 aliphatic heterocycles. The van der Waals surface area contributed by atoms with Gasteiger partial charge in [0.1, 0.15) is 4.90 Å². The van der Waals surface area contributed by atoms with Gasteiger partial charge in [0.25, 0.3) is 0 Å². The fraction of sp³-hybridized carbons (Fsp3) is 0.238. The summed E-state index contributed by atoms with van der Waals surface area (Å²) < 4.78 is 28.9. The number of sulfonamides is 1. The maximum Gasteiger partial charge on any atom is 0.242 e. The first-order valence-electron chi connectivity index (χ1n) is 9.41. The van der Waals surface area contributed by atoms with Gasteiger partial charge in [0.05, 0.1) is 16.4 Å².